The first kappa shape index (κ1) is 95.1. The summed E-state index contributed by atoms with van der Waals surface area (Å²) >= 11 is 0. The van der Waals surface area contributed by atoms with Crippen molar-refractivity contribution < 1.29 is 80.2 Å². The zero-order valence-corrected chi connectivity index (χ0v) is 65.2. The second-order valence-electron chi connectivity index (χ2n) is 28.8. The van der Waals surface area contributed by atoms with Gasteiger partial charge in [-0.05, 0) is 37.5 Å². The van der Waals surface area contributed by atoms with Crippen molar-refractivity contribution in [3.8, 4) is 0 Å². The minimum Gasteiger partial charge on any atom is -0.462 e. The number of aliphatic hydroxyl groups is 1. The molecule has 0 aromatic heterocycles. The van der Waals surface area contributed by atoms with Gasteiger partial charge in [-0.25, -0.2) is 9.13 Å². The van der Waals surface area contributed by atoms with Crippen LogP contribution >= 0.6 is 15.6 Å². The van der Waals surface area contributed by atoms with Gasteiger partial charge in [-0.15, -0.1) is 0 Å². The first-order valence-electron chi connectivity index (χ1n) is 40.5. The summed E-state index contributed by atoms with van der Waals surface area (Å²) in [6.07, 6.45) is 58.1. The van der Waals surface area contributed by atoms with Crippen LogP contribution in [0.5, 0.6) is 0 Å². The quantitative estimate of drug-likeness (QED) is 0.0222. The van der Waals surface area contributed by atoms with Crippen molar-refractivity contribution in [1.82, 2.24) is 0 Å². The van der Waals surface area contributed by atoms with Crippen LogP contribution in [0.3, 0.4) is 0 Å². The molecule has 3 N–H and O–H groups in total. The highest BCUT2D eigenvalue weighted by molar-refractivity contribution is 7.47. The molecule has 3 unspecified atom stereocenters. The molecule has 0 aliphatic carbocycles. The van der Waals surface area contributed by atoms with E-state index in [4.69, 9.17) is 37.0 Å². The van der Waals surface area contributed by atoms with E-state index in [0.717, 1.165) is 102 Å². The zero-order valence-electron chi connectivity index (χ0n) is 63.4. The normalized spacial score (nSPS) is 14.2. The van der Waals surface area contributed by atoms with Gasteiger partial charge in [0.2, 0.25) is 0 Å². The van der Waals surface area contributed by atoms with Gasteiger partial charge in [0.05, 0.1) is 26.4 Å². The summed E-state index contributed by atoms with van der Waals surface area (Å²) < 4.78 is 68.6. The molecule has 0 aliphatic heterocycles. The topological polar surface area (TPSA) is 237 Å². The first-order valence-corrected chi connectivity index (χ1v) is 43.5. The average Bonchev–Trinajstić information content (AvgIpc) is 1.73. The lowest BCUT2D eigenvalue weighted by atomic mass is 9.99. The standard InChI is InChI=1S/C78H152O17P2/c1-7-10-12-14-16-18-20-22-23-28-31-35-42-48-54-60-75(80)88-66-73(94-78(83)63-57-51-45-37-33-29-25-24-27-30-34-41-47-53-59-71(6)9-3)68-92-96(84,85)90-64-72(79)65-91-97(86,87)93-69-74(67-89-76(81)61-55-49-43-39-38-40-46-52-58-70(4)5)95-77(82)62-56-50-44-36-32-26-21-19-17-15-13-11-8-2/h70-74,79H,7-69H2,1-6H3,(H,84,85)(H,86,87)/t71?,72-,73-,74-/m1/s1. The lowest BCUT2D eigenvalue weighted by Gasteiger charge is -2.21. The second kappa shape index (κ2) is 69.8. The average molecular weight is 1420 g/mol. The van der Waals surface area contributed by atoms with Gasteiger partial charge in [0.25, 0.3) is 0 Å². The Morgan fingerprint density at radius 3 is 0.784 bits per heavy atom. The number of rotatable bonds is 77. The number of aliphatic hydroxyl groups excluding tert-OH is 1. The van der Waals surface area contributed by atoms with E-state index in [1.165, 1.54) is 225 Å². The third-order valence-corrected chi connectivity index (χ3v) is 20.5. The highest BCUT2D eigenvalue weighted by Gasteiger charge is 2.30. The van der Waals surface area contributed by atoms with Crippen LogP contribution in [0.1, 0.15) is 408 Å². The Morgan fingerprint density at radius 2 is 0.526 bits per heavy atom. The predicted molar refractivity (Wildman–Crippen MR) is 395 cm³/mol. The summed E-state index contributed by atoms with van der Waals surface area (Å²) in [6, 6.07) is 0. The summed E-state index contributed by atoms with van der Waals surface area (Å²) in [5.74, 6) is -0.538. The van der Waals surface area contributed by atoms with E-state index in [2.05, 4.69) is 41.5 Å². The van der Waals surface area contributed by atoms with E-state index in [0.29, 0.717) is 25.7 Å². The van der Waals surface area contributed by atoms with E-state index in [1.54, 1.807) is 0 Å². The van der Waals surface area contributed by atoms with Gasteiger partial charge in [-0.1, -0.05) is 356 Å². The fourth-order valence-corrected chi connectivity index (χ4v) is 13.6. The number of esters is 4. The van der Waals surface area contributed by atoms with E-state index < -0.39 is 97.5 Å². The van der Waals surface area contributed by atoms with Gasteiger partial charge in [-0.2, -0.15) is 0 Å². The molecule has 19 heteroatoms. The number of carbonyl (C=O) groups excluding carboxylic acids is 4. The van der Waals surface area contributed by atoms with Crippen molar-refractivity contribution in [2.24, 2.45) is 11.8 Å². The number of hydrogen-bond acceptors (Lipinski definition) is 15. The van der Waals surface area contributed by atoms with Crippen LogP contribution in [-0.2, 0) is 65.4 Å². The fraction of sp³-hybridized carbons (Fsp3) is 0.949. The van der Waals surface area contributed by atoms with E-state index in [1.807, 2.05) is 0 Å². The van der Waals surface area contributed by atoms with Crippen molar-refractivity contribution in [3.63, 3.8) is 0 Å². The third kappa shape index (κ3) is 70.9. The summed E-state index contributed by atoms with van der Waals surface area (Å²) in [7, 11) is -9.91. The van der Waals surface area contributed by atoms with Crippen LogP contribution in [0.25, 0.3) is 0 Å². The molecule has 0 heterocycles. The molecular formula is C78H152O17P2. The molecule has 0 aliphatic rings. The number of phosphoric ester groups is 2. The minimum atomic E-state index is -4.96. The van der Waals surface area contributed by atoms with Gasteiger partial charge >= 0.3 is 39.5 Å². The summed E-state index contributed by atoms with van der Waals surface area (Å²) in [5.41, 5.74) is 0. The number of phosphoric acid groups is 2. The SMILES string of the molecule is CCCCCCCCCCCCCCCCCC(=O)OC[C@H](COP(=O)(O)OC[C@@H](O)COP(=O)(O)OC[C@@H](COC(=O)CCCCCCCCCCC(C)C)OC(=O)CCCCCCCCCCCCCCC)OC(=O)CCCCCCCCCCCCCCCCC(C)CC. The Labute approximate surface area is 594 Å². The predicted octanol–water partition coefficient (Wildman–Crippen LogP) is 23.1. The molecule has 97 heavy (non-hydrogen) atoms. The maximum absolute atomic E-state index is 13.1. The van der Waals surface area contributed by atoms with E-state index in [-0.39, 0.29) is 25.7 Å². The lowest BCUT2D eigenvalue weighted by molar-refractivity contribution is -0.161. The molecule has 0 saturated carbocycles. The highest BCUT2D eigenvalue weighted by Crippen LogP contribution is 2.45. The van der Waals surface area contributed by atoms with Crippen molar-refractivity contribution in [1.29, 1.82) is 0 Å². The van der Waals surface area contributed by atoms with Crippen molar-refractivity contribution >= 4 is 39.5 Å². The Kier molecular flexibility index (Phi) is 68.4. The number of carbonyl (C=O) groups is 4. The van der Waals surface area contributed by atoms with Gasteiger partial charge in [-0.3, -0.25) is 37.3 Å². The van der Waals surface area contributed by atoms with Crippen LogP contribution in [-0.4, -0.2) is 96.7 Å². The van der Waals surface area contributed by atoms with Crippen LogP contribution in [0.2, 0.25) is 0 Å². The molecule has 17 nitrogen and oxygen atoms in total. The van der Waals surface area contributed by atoms with Crippen molar-refractivity contribution in [2.45, 2.75) is 426 Å². The molecular weight excluding hydrogens is 1270 g/mol. The largest absolute Gasteiger partial charge is 0.472 e. The van der Waals surface area contributed by atoms with Crippen molar-refractivity contribution in [3.05, 3.63) is 0 Å². The van der Waals surface area contributed by atoms with Crippen LogP contribution in [0, 0.1) is 11.8 Å². The molecule has 576 valence electrons. The Morgan fingerprint density at radius 1 is 0.299 bits per heavy atom. The molecule has 0 saturated heterocycles. The van der Waals surface area contributed by atoms with E-state index in [9.17, 15) is 43.2 Å². The zero-order chi connectivity index (χ0) is 71.4. The van der Waals surface area contributed by atoms with E-state index >= 15 is 0 Å². The Bertz CT molecular complexity index is 1870. The molecule has 0 radical (unpaired) electrons. The van der Waals surface area contributed by atoms with Gasteiger partial charge < -0.3 is 33.8 Å². The summed E-state index contributed by atoms with van der Waals surface area (Å²) in [4.78, 5) is 72.9. The summed E-state index contributed by atoms with van der Waals surface area (Å²) in [5, 5.41) is 10.6. The molecule has 0 spiro atoms. The minimum absolute atomic E-state index is 0.107. The molecule has 0 amide bonds. The Balaban J connectivity index is 5.25. The monoisotopic (exact) mass is 1420 g/mol. The fourth-order valence-electron chi connectivity index (χ4n) is 12.0. The van der Waals surface area contributed by atoms with Gasteiger partial charge in [0.1, 0.15) is 19.3 Å². The molecule has 0 aromatic carbocycles. The maximum Gasteiger partial charge on any atom is 0.472 e. The number of ether oxygens (including phenoxy) is 4. The molecule has 0 bridgehead atoms. The summed E-state index contributed by atoms with van der Waals surface area (Å²) in [6.45, 7) is 9.64. The van der Waals surface area contributed by atoms with Gasteiger partial charge in [0, 0.05) is 25.7 Å². The second-order valence-corrected chi connectivity index (χ2v) is 31.7. The number of hydrogen-bond donors (Lipinski definition) is 3. The van der Waals surface area contributed by atoms with Crippen molar-refractivity contribution in [2.75, 3.05) is 39.6 Å². The lowest BCUT2D eigenvalue weighted by Crippen LogP contribution is -2.30. The highest BCUT2D eigenvalue weighted by atomic mass is 31.2. The molecule has 0 fully saturated rings. The maximum atomic E-state index is 13.1. The van der Waals surface area contributed by atoms with Crippen LogP contribution in [0.4, 0.5) is 0 Å². The van der Waals surface area contributed by atoms with Crippen LogP contribution in [0.15, 0.2) is 0 Å². The third-order valence-electron chi connectivity index (χ3n) is 18.6. The molecule has 0 aromatic rings. The van der Waals surface area contributed by atoms with Crippen LogP contribution < -0.4 is 0 Å². The number of unbranched alkanes of at least 4 members (excludes halogenated alkanes) is 46. The Hall–Kier alpha value is -1.94. The molecule has 6 atom stereocenters. The molecule has 0 rings (SSSR count). The smallest absolute Gasteiger partial charge is 0.462 e. The first-order chi connectivity index (χ1) is 46.9. The van der Waals surface area contributed by atoms with Gasteiger partial charge in [0.15, 0.2) is 12.2 Å².